The summed E-state index contributed by atoms with van der Waals surface area (Å²) in [5, 5.41) is 3.23. The minimum absolute atomic E-state index is 0.0298. The van der Waals surface area contributed by atoms with Crippen LogP contribution in [-0.2, 0) is 16.0 Å². The first kappa shape index (κ1) is 20.4. The number of hydrogen-bond donors (Lipinski definition) is 1. The van der Waals surface area contributed by atoms with Gasteiger partial charge in [-0.3, -0.25) is 4.90 Å². The summed E-state index contributed by atoms with van der Waals surface area (Å²) < 4.78 is 16.7. The highest BCUT2D eigenvalue weighted by Gasteiger charge is 2.37. The lowest BCUT2D eigenvalue weighted by atomic mass is 10.0. The van der Waals surface area contributed by atoms with Crippen LogP contribution in [0.1, 0.15) is 32.3 Å². The van der Waals surface area contributed by atoms with Gasteiger partial charge in [0.2, 0.25) is 5.95 Å². The van der Waals surface area contributed by atoms with Gasteiger partial charge in [0, 0.05) is 19.3 Å². The van der Waals surface area contributed by atoms with Crippen LogP contribution in [0.2, 0.25) is 0 Å². The van der Waals surface area contributed by atoms with Crippen LogP contribution < -0.4 is 15.0 Å². The Hall–Kier alpha value is -2.87. The van der Waals surface area contributed by atoms with E-state index in [0.717, 1.165) is 30.8 Å². The Balaban J connectivity index is 1.40. The van der Waals surface area contributed by atoms with Crippen molar-refractivity contribution in [1.82, 2.24) is 9.97 Å². The van der Waals surface area contributed by atoms with Crippen LogP contribution in [-0.4, -0.2) is 48.0 Å². The smallest absolute Gasteiger partial charge is 0.415 e. The second kappa shape index (κ2) is 9.30. The molecule has 8 nitrogen and oxygen atoms in total. The second-order valence-electron chi connectivity index (χ2n) is 7.95. The molecule has 3 heterocycles. The van der Waals surface area contributed by atoms with Gasteiger partial charge in [0.25, 0.3) is 0 Å². The molecule has 0 radical (unpaired) electrons. The van der Waals surface area contributed by atoms with Crippen LogP contribution in [0.5, 0.6) is 5.75 Å². The summed E-state index contributed by atoms with van der Waals surface area (Å²) in [4.78, 5) is 22.6. The maximum absolute atomic E-state index is 12.2. The Kier molecular flexibility index (Phi) is 6.32. The number of carbonyl (C=O) groups excluding carboxylic acids is 1. The normalized spacial score (nSPS) is 21.6. The highest BCUT2D eigenvalue weighted by atomic mass is 16.6. The molecule has 2 saturated heterocycles. The van der Waals surface area contributed by atoms with Gasteiger partial charge < -0.3 is 19.5 Å². The van der Waals surface area contributed by atoms with E-state index in [0.29, 0.717) is 31.5 Å². The van der Waals surface area contributed by atoms with Gasteiger partial charge in [-0.2, -0.15) is 4.98 Å². The zero-order valence-corrected chi connectivity index (χ0v) is 17.4. The van der Waals surface area contributed by atoms with Crippen LogP contribution in [0.4, 0.5) is 16.6 Å². The fourth-order valence-electron chi connectivity index (χ4n) is 3.67. The number of hydrogen-bond acceptors (Lipinski definition) is 7. The average Bonchev–Trinajstić information content (AvgIpc) is 3.15. The van der Waals surface area contributed by atoms with Crippen molar-refractivity contribution in [3.05, 3.63) is 42.1 Å². The fraction of sp³-hybridized carbons (Fsp3) is 0.500. The molecule has 0 bridgehead atoms. The number of nitrogens with one attached hydrogen (secondary N) is 1. The first-order valence-corrected chi connectivity index (χ1v) is 10.5. The molecule has 0 spiro atoms. The molecule has 1 N–H and O–H groups in total. The Morgan fingerprint density at radius 3 is 3.00 bits per heavy atom. The number of benzene rings is 1. The molecule has 0 saturated carbocycles. The van der Waals surface area contributed by atoms with E-state index < -0.39 is 0 Å². The summed E-state index contributed by atoms with van der Waals surface area (Å²) in [5.41, 5.74) is 1.05. The van der Waals surface area contributed by atoms with E-state index >= 15 is 0 Å². The highest BCUT2D eigenvalue weighted by Crippen LogP contribution is 2.26. The van der Waals surface area contributed by atoms with Gasteiger partial charge in [0.1, 0.15) is 24.3 Å². The number of amides is 1. The summed E-state index contributed by atoms with van der Waals surface area (Å²) in [6, 6.07) is 9.67. The van der Waals surface area contributed by atoms with Crippen LogP contribution in [0.15, 0.2) is 36.5 Å². The van der Waals surface area contributed by atoms with Crippen molar-refractivity contribution in [2.75, 3.05) is 30.0 Å². The summed E-state index contributed by atoms with van der Waals surface area (Å²) >= 11 is 0. The second-order valence-corrected chi connectivity index (χ2v) is 7.95. The van der Waals surface area contributed by atoms with Crippen LogP contribution in [0, 0.1) is 5.92 Å². The fourth-order valence-corrected chi connectivity index (χ4v) is 3.67. The maximum atomic E-state index is 12.2. The van der Waals surface area contributed by atoms with E-state index in [1.54, 1.807) is 17.2 Å². The molecule has 1 aromatic carbocycles. The number of cyclic esters (lactones) is 1. The van der Waals surface area contributed by atoms with Crippen molar-refractivity contribution in [1.29, 1.82) is 0 Å². The summed E-state index contributed by atoms with van der Waals surface area (Å²) in [5.74, 6) is 2.10. The third-order valence-electron chi connectivity index (χ3n) is 5.33. The summed E-state index contributed by atoms with van der Waals surface area (Å²) in [6.45, 7) is 6.50. The minimum atomic E-state index is -0.366. The van der Waals surface area contributed by atoms with Crippen LogP contribution in [0.25, 0.3) is 0 Å². The Labute approximate surface area is 176 Å². The first-order chi connectivity index (χ1) is 14.6. The molecule has 2 atom stereocenters. The van der Waals surface area contributed by atoms with Crippen LogP contribution in [0.3, 0.4) is 0 Å². The number of aromatic nitrogens is 2. The third-order valence-corrected chi connectivity index (χ3v) is 5.33. The van der Waals surface area contributed by atoms with Gasteiger partial charge in [-0.1, -0.05) is 26.0 Å². The van der Waals surface area contributed by atoms with Gasteiger partial charge in [-0.25, -0.2) is 9.78 Å². The van der Waals surface area contributed by atoms with Crippen LogP contribution >= 0.6 is 0 Å². The van der Waals surface area contributed by atoms with Crippen molar-refractivity contribution in [2.45, 2.75) is 45.4 Å². The summed E-state index contributed by atoms with van der Waals surface area (Å²) in [7, 11) is 0. The molecular weight excluding hydrogens is 384 g/mol. The van der Waals surface area contributed by atoms with Gasteiger partial charge in [-0.15, -0.1) is 0 Å². The molecule has 4 rings (SSSR count). The molecule has 1 aromatic heterocycles. The van der Waals surface area contributed by atoms with Crippen molar-refractivity contribution in [3.63, 3.8) is 0 Å². The predicted octanol–water partition coefficient (Wildman–Crippen LogP) is 3.63. The zero-order valence-electron chi connectivity index (χ0n) is 17.4. The van der Waals surface area contributed by atoms with Gasteiger partial charge >= 0.3 is 6.09 Å². The molecular formula is C22H28N4O4. The molecule has 8 heteroatoms. The summed E-state index contributed by atoms with van der Waals surface area (Å²) in [6.07, 6.45) is 3.43. The standard InChI is InChI=1S/C22H28N4O4/c1-15(2)19-14-29-22(27)26(19)20-8-9-23-21(25-20)24-12-16-5-3-6-17(11-16)30-18-7-4-10-28-13-18/h3,5-6,8-9,11,15,18-19H,4,7,10,12-14H2,1-2H3,(H,23,24,25). The van der Waals surface area contributed by atoms with E-state index in [1.165, 1.54) is 0 Å². The zero-order chi connectivity index (χ0) is 20.9. The van der Waals surface area contributed by atoms with Gasteiger partial charge in [-0.05, 0) is 42.5 Å². The molecule has 30 heavy (non-hydrogen) atoms. The number of nitrogens with zero attached hydrogens (tertiary/aromatic N) is 3. The Morgan fingerprint density at radius 1 is 1.30 bits per heavy atom. The lowest BCUT2D eigenvalue weighted by Gasteiger charge is -2.23. The maximum Gasteiger partial charge on any atom is 0.415 e. The van der Waals surface area contributed by atoms with Crippen molar-refractivity contribution < 1.29 is 19.0 Å². The SMILES string of the molecule is CC(C)C1COC(=O)N1c1ccnc(NCc2cccc(OC3CCCOC3)c2)n1. The molecule has 2 fully saturated rings. The monoisotopic (exact) mass is 412 g/mol. The Morgan fingerprint density at radius 2 is 2.20 bits per heavy atom. The molecule has 160 valence electrons. The topological polar surface area (TPSA) is 85.8 Å². The predicted molar refractivity (Wildman–Crippen MR) is 113 cm³/mol. The number of rotatable bonds is 7. The Bertz CT molecular complexity index is 870. The quantitative estimate of drug-likeness (QED) is 0.743. The third kappa shape index (κ3) is 4.81. The van der Waals surface area contributed by atoms with E-state index in [2.05, 4.69) is 29.1 Å². The first-order valence-electron chi connectivity index (χ1n) is 10.5. The number of carbonyl (C=O) groups is 1. The molecule has 0 aliphatic carbocycles. The van der Waals surface area contributed by atoms with E-state index in [9.17, 15) is 4.79 Å². The highest BCUT2D eigenvalue weighted by molar-refractivity contribution is 5.89. The lowest BCUT2D eigenvalue weighted by Crippen LogP contribution is -2.37. The van der Waals surface area contributed by atoms with E-state index in [-0.39, 0.29) is 24.2 Å². The minimum Gasteiger partial charge on any atom is -0.488 e. The van der Waals surface area contributed by atoms with E-state index in [4.69, 9.17) is 14.2 Å². The van der Waals surface area contributed by atoms with Crippen molar-refractivity contribution >= 4 is 17.9 Å². The molecule has 2 aromatic rings. The van der Waals surface area contributed by atoms with Crippen molar-refractivity contribution in [3.8, 4) is 5.75 Å². The lowest BCUT2D eigenvalue weighted by molar-refractivity contribution is 0.00740. The number of anilines is 2. The largest absolute Gasteiger partial charge is 0.488 e. The van der Waals surface area contributed by atoms with Gasteiger partial charge in [0.05, 0.1) is 12.6 Å². The molecule has 2 aliphatic heterocycles. The van der Waals surface area contributed by atoms with E-state index in [1.807, 2.05) is 24.3 Å². The van der Waals surface area contributed by atoms with Gasteiger partial charge in [0.15, 0.2) is 0 Å². The van der Waals surface area contributed by atoms with Crippen molar-refractivity contribution in [2.24, 2.45) is 5.92 Å². The average molecular weight is 412 g/mol. The molecule has 2 aliphatic rings. The molecule has 1 amide bonds. The number of ether oxygens (including phenoxy) is 3. The molecule has 2 unspecified atom stereocenters.